The van der Waals surface area contributed by atoms with Crippen LogP contribution >= 0.6 is 11.3 Å². The Bertz CT molecular complexity index is 472. The Morgan fingerprint density at radius 2 is 2.59 bits per heavy atom. The van der Waals surface area contributed by atoms with Gasteiger partial charge < -0.3 is 14.8 Å². The number of nitrogens with one attached hydrogen (secondary N) is 1. The minimum atomic E-state index is 0.210. The van der Waals surface area contributed by atoms with Crippen molar-refractivity contribution in [1.82, 2.24) is 14.6 Å². The summed E-state index contributed by atoms with van der Waals surface area (Å²) in [6, 6.07) is 0. The predicted octanol–water partition coefficient (Wildman–Crippen LogP) is 1.27. The molecule has 1 aliphatic heterocycles. The van der Waals surface area contributed by atoms with Crippen molar-refractivity contribution in [2.24, 2.45) is 0 Å². The summed E-state index contributed by atoms with van der Waals surface area (Å²) in [6.45, 7) is 3.89. The van der Waals surface area contributed by atoms with E-state index in [0.29, 0.717) is 6.79 Å². The van der Waals surface area contributed by atoms with Gasteiger partial charge in [0.1, 0.15) is 6.79 Å². The molecule has 6 nitrogen and oxygen atoms in total. The molecule has 7 heteroatoms. The van der Waals surface area contributed by atoms with Gasteiger partial charge in [0.05, 0.1) is 24.6 Å². The minimum absolute atomic E-state index is 0.210. The van der Waals surface area contributed by atoms with E-state index in [9.17, 15) is 0 Å². The lowest BCUT2D eigenvalue weighted by atomic mass is 10.2. The van der Waals surface area contributed by atoms with Crippen molar-refractivity contribution in [3.63, 3.8) is 0 Å². The Hall–Kier alpha value is -1.18. The first kappa shape index (κ1) is 10.9. The first-order valence-electron chi connectivity index (χ1n) is 5.57. The highest BCUT2D eigenvalue weighted by atomic mass is 32.1. The minimum Gasteiger partial charge on any atom is -0.357 e. The zero-order valence-corrected chi connectivity index (χ0v) is 10.4. The Morgan fingerprint density at radius 1 is 1.65 bits per heavy atom. The summed E-state index contributed by atoms with van der Waals surface area (Å²) in [4.78, 5) is 5.27. The molecule has 92 valence electrons. The van der Waals surface area contributed by atoms with Gasteiger partial charge in [-0.3, -0.25) is 0 Å². The Balaban J connectivity index is 1.62. The van der Waals surface area contributed by atoms with Crippen LogP contribution in [0.1, 0.15) is 12.1 Å². The second kappa shape index (κ2) is 4.59. The average molecular weight is 254 g/mol. The van der Waals surface area contributed by atoms with E-state index in [4.69, 9.17) is 9.47 Å². The third-order valence-electron chi connectivity index (χ3n) is 2.62. The molecule has 0 unspecified atom stereocenters. The summed E-state index contributed by atoms with van der Waals surface area (Å²) < 4.78 is 12.4. The van der Waals surface area contributed by atoms with Crippen molar-refractivity contribution in [2.45, 2.75) is 19.4 Å². The van der Waals surface area contributed by atoms with Crippen LogP contribution in [0.25, 0.3) is 4.96 Å². The number of fused-ring (bicyclic) bond motifs is 1. The van der Waals surface area contributed by atoms with Crippen LogP contribution in [0.15, 0.2) is 6.20 Å². The van der Waals surface area contributed by atoms with Crippen molar-refractivity contribution in [3.05, 3.63) is 11.9 Å². The molecule has 1 fully saturated rings. The lowest BCUT2D eigenvalue weighted by Gasteiger charge is -2.22. The molecule has 2 aromatic rings. The van der Waals surface area contributed by atoms with Crippen molar-refractivity contribution in [3.8, 4) is 0 Å². The summed E-state index contributed by atoms with van der Waals surface area (Å²) in [5, 5.41) is 8.55. The smallest absolute Gasteiger partial charge is 0.214 e. The van der Waals surface area contributed by atoms with E-state index in [1.165, 1.54) is 0 Å². The lowest BCUT2D eigenvalue weighted by Crippen LogP contribution is -2.30. The Morgan fingerprint density at radius 3 is 3.35 bits per heavy atom. The fourth-order valence-electron chi connectivity index (χ4n) is 1.74. The van der Waals surface area contributed by atoms with Crippen LogP contribution in [0, 0.1) is 6.92 Å². The molecule has 0 amide bonds. The van der Waals surface area contributed by atoms with E-state index in [1.54, 1.807) is 15.9 Å². The van der Waals surface area contributed by atoms with E-state index in [0.717, 1.165) is 35.4 Å². The number of rotatable bonds is 3. The number of hydrogen-bond acceptors (Lipinski definition) is 6. The molecule has 3 rings (SSSR count). The molecule has 3 heterocycles. The number of nitrogens with zero attached hydrogens (tertiary/aromatic N) is 3. The number of aromatic nitrogens is 3. The monoisotopic (exact) mass is 254 g/mol. The molecule has 0 aliphatic carbocycles. The molecule has 0 saturated carbocycles. The van der Waals surface area contributed by atoms with Gasteiger partial charge in [0.25, 0.3) is 0 Å². The molecule has 1 atom stereocenters. The molecule has 1 N–H and O–H groups in total. The summed E-state index contributed by atoms with van der Waals surface area (Å²) in [7, 11) is 0. The van der Waals surface area contributed by atoms with E-state index in [1.807, 2.05) is 13.1 Å². The maximum atomic E-state index is 5.44. The molecule has 17 heavy (non-hydrogen) atoms. The van der Waals surface area contributed by atoms with Crippen molar-refractivity contribution in [1.29, 1.82) is 0 Å². The summed E-state index contributed by atoms with van der Waals surface area (Å²) in [5.74, 6) is 0. The second-order valence-corrected chi connectivity index (χ2v) is 4.96. The molecule has 0 aromatic carbocycles. The van der Waals surface area contributed by atoms with E-state index in [-0.39, 0.29) is 6.10 Å². The maximum absolute atomic E-state index is 5.44. The number of imidazole rings is 1. The SMILES string of the molecule is Cc1cn2nc(NC[C@H]3CCOCO3)sc2n1. The van der Waals surface area contributed by atoms with Gasteiger partial charge in [-0.05, 0) is 13.3 Å². The highest BCUT2D eigenvalue weighted by Gasteiger charge is 2.14. The van der Waals surface area contributed by atoms with Crippen LogP contribution in [0.3, 0.4) is 0 Å². The van der Waals surface area contributed by atoms with Gasteiger partial charge in [-0.15, -0.1) is 5.10 Å². The van der Waals surface area contributed by atoms with Crippen LogP contribution < -0.4 is 5.32 Å². The first-order chi connectivity index (χ1) is 8.31. The van der Waals surface area contributed by atoms with Gasteiger partial charge in [0.15, 0.2) is 0 Å². The van der Waals surface area contributed by atoms with Crippen LogP contribution in [0.2, 0.25) is 0 Å². The number of aryl methyl sites for hydroxylation is 1. The number of hydrogen-bond donors (Lipinski definition) is 1. The average Bonchev–Trinajstić information content (AvgIpc) is 2.84. The van der Waals surface area contributed by atoms with Gasteiger partial charge in [-0.25, -0.2) is 9.50 Å². The molecule has 0 bridgehead atoms. The van der Waals surface area contributed by atoms with Crippen molar-refractivity contribution < 1.29 is 9.47 Å². The summed E-state index contributed by atoms with van der Waals surface area (Å²) in [6.07, 6.45) is 3.05. The standard InChI is InChI=1S/C10H14N4O2S/c1-7-5-14-10(12-7)17-9(13-14)11-4-8-2-3-15-6-16-8/h5,8H,2-4,6H2,1H3,(H,11,13)/t8-/m1/s1. The van der Waals surface area contributed by atoms with Gasteiger partial charge in [0, 0.05) is 6.54 Å². The third-order valence-corrected chi connectivity index (χ3v) is 3.50. The zero-order valence-electron chi connectivity index (χ0n) is 9.55. The molecule has 0 spiro atoms. The lowest BCUT2D eigenvalue weighted by molar-refractivity contribution is -0.133. The maximum Gasteiger partial charge on any atom is 0.214 e. The number of ether oxygens (including phenoxy) is 2. The molecule has 2 aromatic heterocycles. The Labute approximate surface area is 103 Å². The third kappa shape index (κ3) is 2.41. The molecular weight excluding hydrogens is 240 g/mol. The largest absolute Gasteiger partial charge is 0.357 e. The van der Waals surface area contributed by atoms with Gasteiger partial charge in [-0.2, -0.15) is 0 Å². The summed E-state index contributed by atoms with van der Waals surface area (Å²) >= 11 is 1.55. The van der Waals surface area contributed by atoms with E-state index >= 15 is 0 Å². The second-order valence-electron chi connectivity index (χ2n) is 4.00. The summed E-state index contributed by atoms with van der Waals surface area (Å²) in [5.41, 5.74) is 0.989. The van der Waals surface area contributed by atoms with Gasteiger partial charge in [-0.1, -0.05) is 11.3 Å². The van der Waals surface area contributed by atoms with Crippen LogP contribution in [0.4, 0.5) is 5.13 Å². The van der Waals surface area contributed by atoms with Gasteiger partial charge in [0.2, 0.25) is 10.1 Å². The van der Waals surface area contributed by atoms with Crippen molar-refractivity contribution in [2.75, 3.05) is 25.3 Å². The normalized spacial score (nSPS) is 20.9. The molecule has 1 aliphatic rings. The van der Waals surface area contributed by atoms with Crippen molar-refractivity contribution >= 4 is 21.4 Å². The topological polar surface area (TPSA) is 60.7 Å². The van der Waals surface area contributed by atoms with Crippen LogP contribution in [-0.2, 0) is 9.47 Å². The van der Waals surface area contributed by atoms with Crippen LogP contribution in [-0.4, -0.2) is 40.6 Å². The van der Waals surface area contributed by atoms with E-state index < -0.39 is 0 Å². The molecule has 0 radical (unpaired) electrons. The Kier molecular flexibility index (Phi) is 2.96. The first-order valence-corrected chi connectivity index (χ1v) is 6.39. The molecule has 1 saturated heterocycles. The van der Waals surface area contributed by atoms with Gasteiger partial charge >= 0.3 is 0 Å². The molecular formula is C10H14N4O2S. The zero-order chi connectivity index (χ0) is 11.7. The highest BCUT2D eigenvalue weighted by molar-refractivity contribution is 7.20. The van der Waals surface area contributed by atoms with Crippen LogP contribution in [0.5, 0.6) is 0 Å². The fourth-order valence-corrected chi connectivity index (χ4v) is 2.58. The van der Waals surface area contributed by atoms with E-state index in [2.05, 4.69) is 15.4 Å². The predicted molar refractivity (Wildman–Crippen MR) is 64.4 cm³/mol. The fraction of sp³-hybridized carbons (Fsp3) is 0.600. The highest BCUT2D eigenvalue weighted by Crippen LogP contribution is 2.19. The number of anilines is 1. The quantitative estimate of drug-likeness (QED) is 0.894.